The fourth-order valence-corrected chi connectivity index (χ4v) is 2.62. The van der Waals surface area contributed by atoms with E-state index < -0.39 is 0 Å². The molecule has 1 atom stereocenters. The second-order valence-electron chi connectivity index (χ2n) is 5.42. The Morgan fingerprint density at radius 2 is 2.00 bits per heavy atom. The molecule has 0 saturated carbocycles. The van der Waals surface area contributed by atoms with Crippen molar-refractivity contribution in [1.82, 2.24) is 14.8 Å². The highest BCUT2D eigenvalue weighted by Crippen LogP contribution is 2.23. The summed E-state index contributed by atoms with van der Waals surface area (Å²) in [6, 6.07) is 12.2. The maximum Gasteiger partial charge on any atom is 0.0723 e. The van der Waals surface area contributed by atoms with Gasteiger partial charge in [0.2, 0.25) is 0 Å². The van der Waals surface area contributed by atoms with Gasteiger partial charge in [0.25, 0.3) is 0 Å². The largest absolute Gasteiger partial charge is 0.319 e. The number of hydrogen-bond donors (Lipinski definition) is 1. The van der Waals surface area contributed by atoms with Crippen LogP contribution in [0.2, 0.25) is 0 Å². The van der Waals surface area contributed by atoms with Crippen molar-refractivity contribution < 1.29 is 0 Å². The molecule has 108 valence electrons. The molecule has 1 unspecified atom stereocenters. The number of aryl methyl sites for hydroxylation is 3. The van der Waals surface area contributed by atoms with Crippen LogP contribution in [0.25, 0.3) is 10.9 Å². The lowest BCUT2D eigenvalue weighted by molar-refractivity contribution is 0.666. The molecule has 0 bridgehead atoms. The van der Waals surface area contributed by atoms with Gasteiger partial charge in [0, 0.05) is 18.1 Å². The lowest BCUT2D eigenvalue weighted by Gasteiger charge is -2.13. The van der Waals surface area contributed by atoms with E-state index in [0.717, 1.165) is 40.0 Å². The zero-order valence-electron chi connectivity index (χ0n) is 12.7. The molecule has 2 N–H and O–H groups in total. The first-order valence-electron chi connectivity index (χ1n) is 7.24. The molecule has 0 spiro atoms. The summed E-state index contributed by atoms with van der Waals surface area (Å²) in [4.78, 5) is 4.53. The van der Waals surface area contributed by atoms with E-state index in [4.69, 9.17) is 5.73 Å². The summed E-state index contributed by atoms with van der Waals surface area (Å²) in [5, 5.41) is 5.59. The van der Waals surface area contributed by atoms with E-state index >= 15 is 0 Å². The standard InChI is InChI=1S/C17H20N4/c1-4-14-10-16(21(3)20-14)17(18)13-7-8-15-12(9-13)6-5-11(2)19-15/h5-10,17H,4,18H2,1-3H3. The molecule has 0 amide bonds. The first kappa shape index (κ1) is 13.8. The fourth-order valence-electron chi connectivity index (χ4n) is 2.62. The smallest absolute Gasteiger partial charge is 0.0723 e. The first-order chi connectivity index (χ1) is 10.1. The lowest BCUT2D eigenvalue weighted by Crippen LogP contribution is -2.15. The second-order valence-corrected chi connectivity index (χ2v) is 5.42. The van der Waals surface area contributed by atoms with E-state index in [1.807, 2.05) is 30.8 Å². The van der Waals surface area contributed by atoms with Crippen LogP contribution < -0.4 is 5.73 Å². The molecule has 2 aromatic heterocycles. The highest BCUT2D eigenvalue weighted by atomic mass is 15.3. The average molecular weight is 280 g/mol. The summed E-state index contributed by atoms with van der Waals surface area (Å²) in [6.45, 7) is 4.10. The number of nitrogens with zero attached hydrogens (tertiary/aromatic N) is 3. The Morgan fingerprint density at radius 3 is 2.71 bits per heavy atom. The van der Waals surface area contributed by atoms with Crippen molar-refractivity contribution in [2.24, 2.45) is 12.8 Å². The highest BCUT2D eigenvalue weighted by molar-refractivity contribution is 5.79. The zero-order valence-corrected chi connectivity index (χ0v) is 12.7. The van der Waals surface area contributed by atoms with Crippen LogP contribution in [0.4, 0.5) is 0 Å². The summed E-state index contributed by atoms with van der Waals surface area (Å²) >= 11 is 0. The summed E-state index contributed by atoms with van der Waals surface area (Å²) < 4.78 is 1.88. The molecule has 2 heterocycles. The van der Waals surface area contributed by atoms with E-state index in [1.54, 1.807) is 0 Å². The minimum atomic E-state index is -0.173. The Balaban J connectivity index is 2.02. The SMILES string of the molecule is CCc1cc(C(N)c2ccc3nc(C)ccc3c2)n(C)n1. The number of nitrogens with two attached hydrogens (primary N) is 1. The Hall–Kier alpha value is -2.20. The summed E-state index contributed by atoms with van der Waals surface area (Å²) in [7, 11) is 1.94. The van der Waals surface area contributed by atoms with Crippen molar-refractivity contribution >= 4 is 10.9 Å². The van der Waals surface area contributed by atoms with Gasteiger partial charge in [-0.2, -0.15) is 5.10 Å². The van der Waals surface area contributed by atoms with Crippen LogP contribution in [0.3, 0.4) is 0 Å². The number of fused-ring (bicyclic) bond motifs is 1. The maximum atomic E-state index is 6.42. The van der Waals surface area contributed by atoms with Crippen molar-refractivity contribution in [1.29, 1.82) is 0 Å². The first-order valence-corrected chi connectivity index (χ1v) is 7.24. The molecule has 4 heteroatoms. The molecule has 0 aliphatic rings. The third-order valence-electron chi connectivity index (χ3n) is 3.86. The van der Waals surface area contributed by atoms with Crippen molar-refractivity contribution in [3.63, 3.8) is 0 Å². The minimum absolute atomic E-state index is 0.173. The van der Waals surface area contributed by atoms with Crippen LogP contribution >= 0.6 is 0 Å². The Morgan fingerprint density at radius 1 is 1.19 bits per heavy atom. The Kier molecular flexibility index (Phi) is 3.47. The van der Waals surface area contributed by atoms with Crippen LogP contribution in [-0.4, -0.2) is 14.8 Å². The van der Waals surface area contributed by atoms with E-state index in [9.17, 15) is 0 Å². The van der Waals surface area contributed by atoms with E-state index in [-0.39, 0.29) is 6.04 Å². The van der Waals surface area contributed by atoms with Crippen LogP contribution in [-0.2, 0) is 13.5 Å². The van der Waals surface area contributed by atoms with Crippen LogP contribution in [0.1, 0.15) is 35.6 Å². The molecular formula is C17H20N4. The quantitative estimate of drug-likeness (QED) is 0.802. The van der Waals surface area contributed by atoms with Gasteiger partial charge < -0.3 is 5.73 Å². The normalized spacial score (nSPS) is 12.8. The Labute approximate surface area is 124 Å². The van der Waals surface area contributed by atoms with Crippen molar-refractivity contribution in [2.75, 3.05) is 0 Å². The molecule has 0 aliphatic carbocycles. The van der Waals surface area contributed by atoms with Gasteiger partial charge in [-0.05, 0) is 43.2 Å². The van der Waals surface area contributed by atoms with Crippen molar-refractivity contribution in [3.8, 4) is 0 Å². The number of pyridine rings is 1. The lowest BCUT2D eigenvalue weighted by atomic mass is 10.0. The minimum Gasteiger partial charge on any atom is -0.319 e. The van der Waals surface area contributed by atoms with Crippen molar-refractivity contribution in [2.45, 2.75) is 26.3 Å². The number of benzene rings is 1. The van der Waals surface area contributed by atoms with E-state index in [2.05, 4.69) is 41.3 Å². The van der Waals surface area contributed by atoms with Crippen LogP contribution in [0.15, 0.2) is 36.4 Å². The summed E-state index contributed by atoms with van der Waals surface area (Å²) in [6.07, 6.45) is 0.918. The monoisotopic (exact) mass is 280 g/mol. The van der Waals surface area contributed by atoms with Gasteiger partial charge in [0.15, 0.2) is 0 Å². The van der Waals surface area contributed by atoms with Gasteiger partial charge in [-0.3, -0.25) is 9.67 Å². The van der Waals surface area contributed by atoms with Gasteiger partial charge in [0.05, 0.1) is 22.9 Å². The van der Waals surface area contributed by atoms with Crippen molar-refractivity contribution in [3.05, 3.63) is 59.0 Å². The van der Waals surface area contributed by atoms with E-state index in [1.165, 1.54) is 0 Å². The van der Waals surface area contributed by atoms with Crippen LogP contribution in [0.5, 0.6) is 0 Å². The molecule has 0 saturated heterocycles. The summed E-state index contributed by atoms with van der Waals surface area (Å²) in [5.41, 5.74) is 11.6. The third kappa shape index (κ3) is 2.54. The highest BCUT2D eigenvalue weighted by Gasteiger charge is 2.15. The molecule has 0 fully saturated rings. The molecule has 3 rings (SSSR count). The topological polar surface area (TPSA) is 56.7 Å². The number of aromatic nitrogens is 3. The Bertz CT molecular complexity index is 789. The van der Waals surface area contributed by atoms with Crippen LogP contribution in [0, 0.1) is 6.92 Å². The third-order valence-corrected chi connectivity index (χ3v) is 3.86. The van der Waals surface area contributed by atoms with Gasteiger partial charge >= 0.3 is 0 Å². The fraction of sp³-hybridized carbons (Fsp3) is 0.294. The predicted molar refractivity (Wildman–Crippen MR) is 85.1 cm³/mol. The van der Waals surface area contributed by atoms with Gasteiger partial charge in [-0.15, -0.1) is 0 Å². The average Bonchev–Trinajstić information content (AvgIpc) is 2.87. The van der Waals surface area contributed by atoms with Gasteiger partial charge in [0.1, 0.15) is 0 Å². The van der Waals surface area contributed by atoms with Gasteiger partial charge in [-0.1, -0.05) is 19.1 Å². The molecular weight excluding hydrogens is 260 g/mol. The maximum absolute atomic E-state index is 6.42. The van der Waals surface area contributed by atoms with E-state index in [0.29, 0.717) is 0 Å². The molecule has 1 aromatic carbocycles. The van der Waals surface area contributed by atoms with Gasteiger partial charge in [-0.25, -0.2) is 0 Å². The molecule has 4 nitrogen and oxygen atoms in total. The number of rotatable bonds is 3. The zero-order chi connectivity index (χ0) is 15.0. The predicted octanol–water partition coefficient (Wildman–Crippen LogP) is 2.89. The second kappa shape index (κ2) is 5.30. The summed E-state index contributed by atoms with van der Waals surface area (Å²) in [5.74, 6) is 0. The number of hydrogen-bond acceptors (Lipinski definition) is 3. The molecule has 3 aromatic rings. The molecule has 0 radical (unpaired) electrons. The molecule has 21 heavy (non-hydrogen) atoms. The molecule has 0 aliphatic heterocycles.